The van der Waals surface area contributed by atoms with E-state index < -0.39 is 0 Å². The first-order valence-electron chi connectivity index (χ1n) is 9.56. The van der Waals surface area contributed by atoms with Gasteiger partial charge in [-0.2, -0.15) is 0 Å². The third-order valence-electron chi connectivity index (χ3n) is 5.17. The molecule has 6 heteroatoms. The second-order valence-electron chi connectivity index (χ2n) is 7.29. The van der Waals surface area contributed by atoms with Crippen LogP contribution < -0.4 is 9.67 Å². The number of hydrogen-bond acceptors (Lipinski definition) is 3. The Kier molecular flexibility index (Phi) is 6.18. The monoisotopic (exact) mass is 409 g/mol. The Balaban J connectivity index is 0.00000240. The molecule has 4 rings (SSSR count). The van der Waals surface area contributed by atoms with Crippen molar-refractivity contribution in [1.82, 2.24) is 4.57 Å². The number of aliphatic imine (C=N–C) groups is 1. The number of aromatic nitrogens is 2. The Morgan fingerprint density at radius 2 is 1.83 bits per heavy atom. The second kappa shape index (κ2) is 8.62. The smallest absolute Gasteiger partial charge is 0.257 e. The van der Waals surface area contributed by atoms with Crippen LogP contribution in [-0.2, 0) is 19.5 Å². The molecule has 0 saturated heterocycles. The number of halogens is 1. The zero-order valence-electron chi connectivity index (χ0n) is 16.6. The van der Waals surface area contributed by atoms with Gasteiger partial charge in [0.1, 0.15) is 12.7 Å². The number of nitrogens with zero attached hydrogens (tertiary/aromatic N) is 3. The van der Waals surface area contributed by atoms with Gasteiger partial charge in [-0.05, 0) is 44.5 Å². The van der Waals surface area contributed by atoms with E-state index in [9.17, 15) is 9.90 Å². The average Bonchev–Trinajstić information content (AvgIpc) is 3.27. The number of Topliss-reactive ketones (excluding diaryl/α,β-unsaturated/α-hetero) is 1. The molecule has 150 valence electrons. The number of fused-ring (bicyclic) bond motifs is 1. The number of carbonyl (C=O) groups is 1. The fourth-order valence-electron chi connectivity index (χ4n) is 3.70. The van der Waals surface area contributed by atoms with Crippen molar-refractivity contribution in [2.45, 2.75) is 39.8 Å². The van der Waals surface area contributed by atoms with Crippen molar-refractivity contribution >= 4 is 29.8 Å². The lowest BCUT2D eigenvalue weighted by molar-refractivity contribution is -0.693. The van der Waals surface area contributed by atoms with Gasteiger partial charge >= 0.3 is 0 Å². The lowest BCUT2D eigenvalue weighted by Crippen LogP contribution is -2.43. The Morgan fingerprint density at radius 3 is 2.48 bits per heavy atom. The van der Waals surface area contributed by atoms with Crippen LogP contribution in [0.3, 0.4) is 0 Å². The van der Waals surface area contributed by atoms with E-state index in [2.05, 4.69) is 46.9 Å². The molecular formula is C23H24ClN3O2. The van der Waals surface area contributed by atoms with Gasteiger partial charge in [-0.1, -0.05) is 29.8 Å². The van der Waals surface area contributed by atoms with E-state index in [1.807, 2.05) is 4.57 Å². The number of ketones is 1. The van der Waals surface area contributed by atoms with Gasteiger partial charge in [0, 0.05) is 17.0 Å². The first-order chi connectivity index (χ1) is 13.5. The molecule has 0 atom stereocenters. The van der Waals surface area contributed by atoms with Crippen molar-refractivity contribution in [3.63, 3.8) is 0 Å². The SMILES string of the molecule is CC(=O)c1ccc(N=C([O-])C[n+]2cc(-c3ccc(C)cc3)n3c2CCC3)cc1.Cl. The van der Waals surface area contributed by atoms with Crippen LogP contribution in [0.15, 0.2) is 59.7 Å². The molecule has 0 N–H and O–H groups in total. The summed E-state index contributed by atoms with van der Waals surface area (Å²) in [5.41, 5.74) is 4.73. The lowest BCUT2D eigenvalue weighted by Gasteiger charge is -2.09. The van der Waals surface area contributed by atoms with Crippen LogP contribution in [0.5, 0.6) is 0 Å². The molecule has 29 heavy (non-hydrogen) atoms. The van der Waals surface area contributed by atoms with E-state index in [0.29, 0.717) is 11.3 Å². The minimum atomic E-state index is -0.198. The Hall–Kier alpha value is -2.92. The van der Waals surface area contributed by atoms with Crippen molar-refractivity contribution in [1.29, 1.82) is 0 Å². The predicted octanol–water partition coefficient (Wildman–Crippen LogP) is 3.41. The van der Waals surface area contributed by atoms with Crippen molar-refractivity contribution in [3.05, 3.63) is 71.7 Å². The summed E-state index contributed by atoms with van der Waals surface area (Å²) in [5, 5.41) is 12.5. The first kappa shape index (κ1) is 20.8. The Labute approximate surface area is 176 Å². The highest BCUT2D eigenvalue weighted by Gasteiger charge is 2.28. The summed E-state index contributed by atoms with van der Waals surface area (Å²) in [6.07, 6.45) is 4.12. The van der Waals surface area contributed by atoms with Crippen LogP contribution >= 0.6 is 12.4 Å². The van der Waals surface area contributed by atoms with Gasteiger partial charge in [-0.3, -0.25) is 9.79 Å². The van der Waals surface area contributed by atoms with E-state index in [0.717, 1.165) is 30.6 Å². The van der Waals surface area contributed by atoms with Crippen molar-refractivity contribution in [2.24, 2.45) is 4.99 Å². The summed E-state index contributed by atoms with van der Waals surface area (Å²) in [6, 6.07) is 15.3. The van der Waals surface area contributed by atoms with E-state index in [1.54, 1.807) is 24.3 Å². The molecule has 2 aromatic carbocycles. The molecule has 0 amide bonds. The van der Waals surface area contributed by atoms with Gasteiger partial charge in [0.05, 0.1) is 18.7 Å². The predicted molar refractivity (Wildman–Crippen MR) is 114 cm³/mol. The number of imidazole rings is 1. The molecule has 0 radical (unpaired) electrons. The molecular weight excluding hydrogens is 386 g/mol. The molecule has 1 aliphatic rings. The lowest BCUT2D eigenvalue weighted by atomic mass is 10.1. The maximum Gasteiger partial charge on any atom is 0.257 e. The number of carbonyl (C=O) groups excluding carboxylic acids is 1. The summed E-state index contributed by atoms with van der Waals surface area (Å²) >= 11 is 0. The number of hydrogen-bond donors (Lipinski definition) is 0. The zero-order valence-corrected chi connectivity index (χ0v) is 17.4. The van der Waals surface area contributed by atoms with Crippen LogP contribution in [0.25, 0.3) is 11.3 Å². The van der Waals surface area contributed by atoms with E-state index in [-0.39, 0.29) is 30.6 Å². The maximum absolute atomic E-state index is 12.5. The number of benzene rings is 2. The van der Waals surface area contributed by atoms with Crippen molar-refractivity contribution in [3.8, 4) is 11.3 Å². The summed E-state index contributed by atoms with van der Waals surface area (Å²) in [4.78, 5) is 15.6. The van der Waals surface area contributed by atoms with Gasteiger partial charge in [-0.25, -0.2) is 9.13 Å². The normalized spacial score (nSPS) is 13.1. The van der Waals surface area contributed by atoms with Crippen molar-refractivity contribution < 1.29 is 14.5 Å². The van der Waals surface area contributed by atoms with E-state index >= 15 is 0 Å². The molecule has 2 heterocycles. The van der Waals surface area contributed by atoms with Crippen LogP contribution in [0.2, 0.25) is 0 Å². The third-order valence-corrected chi connectivity index (χ3v) is 5.17. The second-order valence-corrected chi connectivity index (χ2v) is 7.29. The molecule has 1 aliphatic heterocycles. The van der Waals surface area contributed by atoms with Crippen LogP contribution in [0.4, 0.5) is 5.69 Å². The highest BCUT2D eigenvalue weighted by Crippen LogP contribution is 2.25. The molecule has 1 aromatic heterocycles. The largest absolute Gasteiger partial charge is 0.859 e. The van der Waals surface area contributed by atoms with Crippen LogP contribution in [0, 0.1) is 6.92 Å². The molecule has 5 nitrogen and oxygen atoms in total. The van der Waals surface area contributed by atoms with Gasteiger partial charge in [0.25, 0.3) is 5.82 Å². The molecule has 0 unspecified atom stereocenters. The molecule has 0 saturated carbocycles. The fourth-order valence-corrected chi connectivity index (χ4v) is 3.70. The highest BCUT2D eigenvalue weighted by atomic mass is 35.5. The molecule has 0 aliphatic carbocycles. The quantitative estimate of drug-likeness (QED) is 0.280. The Morgan fingerprint density at radius 1 is 1.14 bits per heavy atom. The van der Waals surface area contributed by atoms with Gasteiger partial charge in [0.15, 0.2) is 11.5 Å². The average molecular weight is 410 g/mol. The molecule has 3 aromatic rings. The van der Waals surface area contributed by atoms with Crippen LogP contribution in [-0.4, -0.2) is 16.2 Å². The minimum absolute atomic E-state index is 0. The van der Waals surface area contributed by atoms with Gasteiger partial charge in [-0.15, -0.1) is 12.4 Å². The standard InChI is InChI=1S/C23H23N3O2.ClH/c1-16-5-7-19(8-6-16)21-14-25(23-4-3-13-26(21)23)15-22(28)24-20-11-9-18(10-12-20)17(2)27;/h5-12,14H,3-4,13,15H2,1-2H3;1H. The summed E-state index contributed by atoms with van der Waals surface area (Å²) in [5.74, 6) is 0.976. The molecule has 0 fully saturated rings. The van der Waals surface area contributed by atoms with Crippen molar-refractivity contribution in [2.75, 3.05) is 0 Å². The van der Waals surface area contributed by atoms with Gasteiger partial charge < -0.3 is 5.11 Å². The number of aryl methyl sites for hydroxylation is 1. The first-order valence-corrected chi connectivity index (χ1v) is 9.56. The summed E-state index contributed by atoms with van der Waals surface area (Å²) in [7, 11) is 0. The Bertz CT molecular complexity index is 1050. The molecule has 0 spiro atoms. The topological polar surface area (TPSA) is 61.3 Å². The fraction of sp³-hybridized carbons (Fsp3) is 0.261. The number of rotatable bonds is 5. The van der Waals surface area contributed by atoms with E-state index in [4.69, 9.17) is 0 Å². The maximum atomic E-state index is 12.5. The van der Waals surface area contributed by atoms with Crippen LogP contribution in [0.1, 0.15) is 35.1 Å². The molecule has 0 bridgehead atoms. The third kappa shape index (κ3) is 4.40. The highest BCUT2D eigenvalue weighted by molar-refractivity contribution is 5.94. The van der Waals surface area contributed by atoms with Gasteiger partial charge in [0.2, 0.25) is 0 Å². The van der Waals surface area contributed by atoms with E-state index in [1.165, 1.54) is 18.3 Å². The minimum Gasteiger partial charge on any atom is -0.859 e. The zero-order chi connectivity index (χ0) is 19.7. The summed E-state index contributed by atoms with van der Waals surface area (Å²) < 4.78 is 4.33. The summed E-state index contributed by atoms with van der Waals surface area (Å²) in [6.45, 7) is 4.79.